The minimum atomic E-state index is -1.89. The lowest BCUT2D eigenvalue weighted by Crippen LogP contribution is -2.42. The van der Waals surface area contributed by atoms with Crippen LogP contribution in [-0.2, 0) is 23.9 Å². The molecule has 1 fully saturated rings. The van der Waals surface area contributed by atoms with Crippen molar-refractivity contribution in [2.45, 2.75) is 70.8 Å². The molecule has 31 heavy (non-hydrogen) atoms. The van der Waals surface area contributed by atoms with Crippen molar-refractivity contribution in [3.8, 4) is 0 Å². The minimum Gasteiger partial charge on any atom is -0.481 e. The average Bonchev–Trinajstić information content (AvgIpc) is 3.01. The van der Waals surface area contributed by atoms with Gasteiger partial charge >= 0.3 is 17.9 Å². The van der Waals surface area contributed by atoms with E-state index in [1.54, 1.807) is 12.2 Å². The first-order chi connectivity index (χ1) is 14.7. The standard InChI is InChI=1S/C23H34O8/c1-3-4-7-10-17(24)13-12-16-15-18(21(27)28)20(26)23(16,22(29)30)14-9-6-5-8-11-19(25)31-2/h6,9,12-13,16-18,24H,3-5,7-8,10-11,14-15H2,1-2H3,(H,27,28)(H,29,30)/b9-6+,13-12+. The van der Waals surface area contributed by atoms with Gasteiger partial charge in [-0.15, -0.1) is 0 Å². The van der Waals surface area contributed by atoms with E-state index in [1.165, 1.54) is 19.3 Å². The first-order valence-electron chi connectivity index (χ1n) is 10.8. The average molecular weight is 439 g/mol. The molecule has 8 nitrogen and oxygen atoms in total. The predicted octanol–water partition coefficient (Wildman–Crippen LogP) is 3.13. The largest absolute Gasteiger partial charge is 0.481 e. The fourth-order valence-electron chi connectivity index (χ4n) is 3.93. The number of rotatable bonds is 14. The van der Waals surface area contributed by atoms with Gasteiger partial charge < -0.3 is 20.1 Å². The van der Waals surface area contributed by atoms with E-state index in [1.807, 2.05) is 6.92 Å². The summed E-state index contributed by atoms with van der Waals surface area (Å²) in [7, 11) is 1.30. The van der Waals surface area contributed by atoms with Gasteiger partial charge in [-0.25, -0.2) is 0 Å². The Labute approximate surface area is 183 Å². The number of esters is 1. The summed E-state index contributed by atoms with van der Waals surface area (Å²) in [5.74, 6) is -6.09. The highest BCUT2D eigenvalue weighted by molar-refractivity contribution is 6.13. The van der Waals surface area contributed by atoms with Crippen LogP contribution in [0.2, 0.25) is 0 Å². The Balaban J connectivity index is 2.98. The highest BCUT2D eigenvalue weighted by atomic mass is 16.5. The summed E-state index contributed by atoms with van der Waals surface area (Å²) in [6.45, 7) is 2.04. The number of aliphatic hydroxyl groups excluding tert-OH is 1. The molecule has 1 rings (SSSR count). The number of carboxylic acids is 2. The third kappa shape index (κ3) is 7.31. The van der Waals surface area contributed by atoms with Crippen molar-refractivity contribution in [1.29, 1.82) is 0 Å². The Hall–Kier alpha value is -2.48. The van der Waals surface area contributed by atoms with E-state index < -0.39 is 41.1 Å². The Morgan fingerprint density at radius 2 is 1.90 bits per heavy atom. The van der Waals surface area contributed by atoms with Crippen LogP contribution in [0.1, 0.15) is 64.7 Å². The van der Waals surface area contributed by atoms with Crippen LogP contribution in [0, 0.1) is 17.3 Å². The summed E-state index contributed by atoms with van der Waals surface area (Å²) < 4.78 is 4.56. The Bertz CT molecular complexity index is 696. The first kappa shape index (κ1) is 26.6. The number of aliphatic carboxylic acids is 2. The zero-order chi connectivity index (χ0) is 23.4. The van der Waals surface area contributed by atoms with Crippen LogP contribution in [0.4, 0.5) is 0 Å². The summed E-state index contributed by atoms with van der Waals surface area (Å²) in [6.07, 6.45) is 9.75. The number of unbranched alkanes of at least 4 members (excludes halogenated alkanes) is 3. The molecule has 4 unspecified atom stereocenters. The number of carbonyl (C=O) groups excluding carboxylic acids is 2. The molecule has 4 atom stereocenters. The van der Waals surface area contributed by atoms with E-state index in [0.717, 1.165) is 19.3 Å². The maximum Gasteiger partial charge on any atom is 0.318 e. The van der Waals surface area contributed by atoms with Crippen molar-refractivity contribution in [3.63, 3.8) is 0 Å². The highest BCUT2D eigenvalue weighted by Gasteiger charge is 2.60. The number of aliphatic hydroxyl groups is 1. The third-order valence-electron chi connectivity index (χ3n) is 5.81. The van der Waals surface area contributed by atoms with E-state index in [-0.39, 0.29) is 25.2 Å². The number of carboxylic acid groups (broad SMARTS) is 2. The zero-order valence-electron chi connectivity index (χ0n) is 18.3. The molecule has 0 aromatic heterocycles. The monoisotopic (exact) mass is 438 g/mol. The number of hydrogen-bond donors (Lipinski definition) is 3. The van der Waals surface area contributed by atoms with E-state index in [9.17, 15) is 34.5 Å². The summed E-state index contributed by atoms with van der Waals surface area (Å²) >= 11 is 0. The quantitative estimate of drug-likeness (QED) is 0.163. The zero-order valence-corrected chi connectivity index (χ0v) is 18.3. The molecule has 8 heteroatoms. The van der Waals surface area contributed by atoms with Crippen LogP contribution in [-0.4, -0.2) is 52.2 Å². The van der Waals surface area contributed by atoms with Gasteiger partial charge in [-0.1, -0.05) is 50.5 Å². The minimum absolute atomic E-state index is 0.116. The van der Waals surface area contributed by atoms with Crippen molar-refractivity contribution in [3.05, 3.63) is 24.3 Å². The second-order valence-electron chi connectivity index (χ2n) is 7.97. The molecule has 0 aromatic rings. The van der Waals surface area contributed by atoms with Gasteiger partial charge in [-0.2, -0.15) is 0 Å². The molecule has 0 spiro atoms. The molecule has 0 radical (unpaired) electrons. The van der Waals surface area contributed by atoms with Crippen LogP contribution < -0.4 is 0 Å². The van der Waals surface area contributed by atoms with Crippen molar-refractivity contribution >= 4 is 23.7 Å². The van der Waals surface area contributed by atoms with Gasteiger partial charge in [0.15, 0.2) is 5.78 Å². The van der Waals surface area contributed by atoms with E-state index in [2.05, 4.69) is 4.74 Å². The number of ketones is 1. The van der Waals surface area contributed by atoms with Gasteiger partial charge in [-0.3, -0.25) is 19.2 Å². The molecule has 0 aromatic carbocycles. The lowest BCUT2D eigenvalue weighted by atomic mass is 9.73. The Morgan fingerprint density at radius 1 is 1.19 bits per heavy atom. The van der Waals surface area contributed by atoms with Gasteiger partial charge in [0, 0.05) is 12.3 Å². The number of Topliss-reactive ketones (excluding diaryl/α,β-unsaturated/α-hetero) is 1. The van der Waals surface area contributed by atoms with Crippen molar-refractivity contribution in [1.82, 2.24) is 0 Å². The van der Waals surface area contributed by atoms with Crippen LogP contribution in [0.5, 0.6) is 0 Å². The van der Waals surface area contributed by atoms with Crippen LogP contribution in [0.25, 0.3) is 0 Å². The van der Waals surface area contributed by atoms with Gasteiger partial charge in [-0.05, 0) is 32.1 Å². The van der Waals surface area contributed by atoms with E-state index >= 15 is 0 Å². The third-order valence-corrected chi connectivity index (χ3v) is 5.81. The lowest BCUT2D eigenvalue weighted by Gasteiger charge is -2.27. The summed E-state index contributed by atoms with van der Waals surface area (Å²) in [4.78, 5) is 47.8. The smallest absolute Gasteiger partial charge is 0.318 e. The lowest BCUT2D eigenvalue weighted by molar-refractivity contribution is -0.156. The Morgan fingerprint density at radius 3 is 2.48 bits per heavy atom. The number of ether oxygens (including phenoxy) is 1. The summed E-state index contributed by atoms with van der Waals surface area (Å²) in [6, 6.07) is 0. The van der Waals surface area contributed by atoms with Gasteiger partial charge in [0.1, 0.15) is 11.3 Å². The molecule has 1 aliphatic carbocycles. The molecule has 0 saturated heterocycles. The fraction of sp³-hybridized carbons (Fsp3) is 0.652. The molecule has 174 valence electrons. The number of methoxy groups -OCH3 is 1. The number of hydrogen-bond acceptors (Lipinski definition) is 6. The molecule has 1 aliphatic rings. The molecular weight excluding hydrogens is 404 g/mol. The topological polar surface area (TPSA) is 138 Å². The molecule has 0 bridgehead atoms. The number of allylic oxidation sites excluding steroid dienone is 3. The molecule has 0 heterocycles. The number of carbonyl (C=O) groups is 4. The highest BCUT2D eigenvalue weighted by Crippen LogP contribution is 2.48. The molecule has 3 N–H and O–H groups in total. The van der Waals surface area contributed by atoms with Crippen molar-refractivity contribution in [2.75, 3.05) is 7.11 Å². The summed E-state index contributed by atoms with van der Waals surface area (Å²) in [5.41, 5.74) is -1.89. The maximum absolute atomic E-state index is 12.9. The molecule has 1 saturated carbocycles. The predicted molar refractivity (Wildman–Crippen MR) is 113 cm³/mol. The summed E-state index contributed by atoms with van der Waals surface area (Å²) in [5, 5.41) is 29.5. The molecular formula is C23H34O8. The van der Waals surface area contributed by atoms with Gasteiger partial charge in [0.2, 0.25) is 0 Å². The van der Waals surface area contributed by atoms with Crippen LogP contribution in [0.3, 0.4) is 0 Å². The van der Waals surface area contributed by atoms with E-state index in [0.29, 0.717) is 19.3 Å². The van der Waals surface area contributed by atoms with Crippen molar-refractivity contribution < 1.29 is 39.2 Å². The van der Waals surface area contributed by atoms with Gasteiger partial charge in [0.25, 0.3) is 0 Å². The Kier molecular flexibility index (Phi) is 11.2. The van der Waals surface area contributed by atoms with E-state index in [4.69, 9.17) is 0 Å². The fourth-order valence-corrected chi connectivity index (χ4v) is 3.93. The second-order valence-corrected chi connectivity index (χ2v) is 7.97. The second kappa shape index (κ2) is 13.0. The molecule has 0 amide bonds. The van der Waals surface area contributed by atoms with Gasteiger partial charge in [0.05, 0.1) is 13.2 Å². The SMILES string of the molecule is CCCCCC(O)/C=C/C1CC(C(=O)O)C(=O)C1(C/C=C/CCCC(=O)OC)C(=O)O. The maximum atomic E-state index is 12.9. The van der Waals surface area contributed by atoms with Crippen molar-refractivity contribution in [2.24, 2.45) is 17.3 Å². The van der Waals surface area contributed by atoms with Crippen LogP contribution >= 0.6 is 0 Å². The normalized spacial score (nSPS) is 24.7. The van der Waals surface area contributed by atoms with Crippen LogP contribution in [0.15, 0.2) is 24.3 Å². The first-order valence-corrected chi connectivity index (χ1v) is 10.8. The molecule has 0 aliphatic heterocycles.